The summed E-state index contributed by atoms with van der Waals surface area (Å²) in [5, 5.41) is 5.20. The fourth-order valence-electron chi connectivity index (χ4n) is 1.73. The summed E-state index contributed by atoms with van der Waals surface area (Å²) < 4.78 is 6.49. The first-order chi connectivity index (χ1) is 8.24. The maximum Gasteiger partial charge on any atom is 0.435 e. The first kappa shape index (κ1) is 11.6. The van der Waals surface area contributed by atoms with Gasteiger partial charge < -0.3 is 4.74 Å². The molecular weight excluding hydrogens is 216 g/mol. The monoisotopic (exact) mass is 232 g/mol. The Labute approximate surface area is 100 Å². The fraction of sp³-hybridized carbons (Fsp3) is 0.385. The molecule has 4 heteroatoms. The lowest BCUT2D eigenvalue weighted by Gasteiger charge is -2.03. The molecule has 0 aliphatic heterocycles. The van der Waals surface area contributed by atoms with Gasteiger partial charge in [-0.1, -0.05) is 31.5 Å². The van der Waals surface area contributed by atoms with E-state index in [2.05, 4.69) is 12.0 Å². The highest BCUT2D eigenvalue weighted by molar-refractivity contribution is 5.89. The number of carbonyl (C=O) groups excluding carboxylic acids is 1. The van der Waals surface area contributed by atoms with Crippen LogP contribution < -0.4 is 0 Å². The normalized spacial score (nSPS) is 10.7. The van der Waals surface area contributed by atoms with Crippen LogP contribution in [0.1, 0.15) is 25.5 Å². The van der Waals surface area contributed by atoms with E-state index in [9.17, 15) is 4.79 Å². The molecule has 2 aromatic rings. The number of para-hydroxylation sites is 1. The number of rotatable bonds is 3. The Morgan fingerprint density at radius 1 is 1.41 bits per heavy atom. The van der Waals surface area contributed by atoms with Crippen molar-refractivity contribution in [1.82, 2.24) is 9.78 Å². The smallest absolute Gasteiger partial charge is 0.435 e. The number of carbonyl (C=O) groups is 1. The second-order valence-corrected chi connectivity index (χ2v) is 3.98. The molecule has 90 valence electrons. The Morgan fingerprint density at radius 3 is 2.94 bits per heavy atom. The third-order valence-corrected chi connectivity index (χ3v) is 2.67. The zero-order valence-electron chi connectivity index (χ0n) is 10.1. The van der Waals surface area contributed by atoms with Crippen LogP contribution in [-0.4, -0.2) is 22.5 Å². The number of benzene rings is 1. The molecule has 17 heavy (non-hydrogen) atoms. The lowest BCUT2D eigenvalue weighted by atomic mass is 10.2. The standard InChI is InChI=1S/C13H16N2O2/c1-3-4-9-17-13(16)15-12-8-6-5-7-11(12)10(2)14-15/h5-8H,3-4,9H2,1-2H3. The van der Waals surface area contributed by atoms with E-state index in [1.165, 1.54) is 4.68 Å². The molecule has 1 aromatic carbocycles. The molecule has 2 rings (SSSR count). The average Bonchev–Trinajstić information content (AvgIpc) is 2.68. The van der Waals surface area contributed by atoms with E-state index in [-0.39, 0.29) is 0 Å². The SMILES string of the molecule is CCCCOC(=O)n1nc(C)c2ccccc21. The van der Waals surface area contributed by atoms with Gasteiger partial charge in [0, 0.05) is 5.39 Å². The topological polar surface area (TPSA) is 44.1 Å². The van der Waals surface area contributed by atoms with Gasteiger partial charge in [-0.3, -0.25) is 0 Å². The minimum Gasteiger partial charge on any atom is -0.448 e. The summed E-state index contributed by atoms with van der Waals surface area (Å²) in [6, 6.07) is 7.65. The first-order valence-corrected chi connectivity index (χ1v) is 5.85. The maximum absolute atomic E-state index is 11.8. The molecule has 0 saturated heterocycles. The molecule has 0 bridgehead atoms. The van der Waals surface area contributed by atoms with Gasteiger partial charge in [-0.15, -0.1) is 0 Å². The molecule has 0 radical (unpaired) electrons. The third-order valence-electron chi connectivity index (χ3n) is 2.67. The molecular formula is C13H16N2O2. The minimum atomic E-state index is -0.400. The van der Waals surface area contributed by atoms with E-state index in [0.29, 0.717) is 6.61 Å². The molecule has 0 N–H and O–H groups in total. The van der Waals surface area contributed by atoms with Gasteiger partial charge in [0.15, 0.2) is 0 Å². The molecule has 0 saturated carbocycles. The predicted molar refractivity (Wildman–Crippen MR) is 66.1 cm³/mol. The van der Waals surface area contributed by atoms with E-state index in [0.717, 1.165) is 29.4 Å². The van der Waals surface area contributed by atoms with Gasteiger partial charge in [0.2, 0.25) is 0 Å². The van der Waals surface area contributed by atoms with Crippen LogP contribution in [0.25, 0.3) is 10.9 Å². The summed E-state index contributed by atoms with van der Waals surface area (Å²) in [4.78, 5) is 11.8. The van der Waals surface area contributed by atoms with Gasteiger partial charge in [-0.05, 0) is 19.4 Å². The van der Waals surface area contributed by atoms with Crippen LogP contribution in [0.3, 0.4) is 0 Å². The van der Waals surface area contributed by atoms with E-state index < -0.39 is 6.09 Å². The summed E-state index contributed by atoms with van der Waals surface area (Å²) in [5.74, 6) is 0. The number of aromatic nitrogens is 2. The number of aryl methyl sites for hydroxylation is 1. The van der Waals surface area contributed by atoms with Gasteiger partial charge >= 0.3 is 6.09 Å². The molecule has 0 amide bonds. The van der Waals surface area contributed by atoms with Crippen LogP contribution in [0.5, 0.6) is 0 Å². The summed E-state index contributed by atoms with van der Waals surface area (Å²) in [6.45, 7) is 4.39. The Bertz CT molecular complexity index is 531. The van der Waals surface area contributed by atoms with Crippen LogP contribution in [0.2, 0.25) is 0 Å². The lowest BCUT2D eigenvalue weighted by molar-refractivity contribution is 0.144. The number of nitrogens with zero attached hydrogens (tertiary/aromatic N) is 2. The van der Waals surface area contributed by atoms with Crippen LogP contribution in [0.15, 0.2) is 24.3 Å². The van der Waals surface area contributed by atoms with Gasteiger partial charge in [-0.2, -0.15) is 9.78 Å². The maximum atomic E-state index is 11.8. The quantitative estimate of drug-likeness (QED) is 0.764. The molecule has 0 fully saturated rings. The van der Waals surface area contributed by atoms with Crippen LogP contribution in [-0.2, 0) is 4.74 Å². The zero-order valence-corrected chi connectivity index (χ0v) is 10.1. The van der Waals surface area contributed by atoms with Gasteiger partial charge in [0.25, 0.3) is 0 Å². The molecule has 1 aromatic heterocycles. The molecule has 0 aliphatic rings. The van der Waals surface area contributed by atoms with Crippen LogP contribution in [0, 0.1) is 6.92 Å². The molecule has 0 atom stereocenters. The van der Waals surface area contributed by atoms with E-state index >= 15 is 0 Å². The molecule has 1 heterocycles. The van der Waals surface area contributed by atoms with Crippen molar-refractivity contribution in [3.05, 3.63) is 30.0 Å². The third kappa shape index (κ3) is 2.30. The number of fused-ring (bicyclic) bond motifs is 1. The Kier molecular flexibility index (Phi) is 3.42. The Morgan fingerprint density at radius 2 is 2.18 bits per heavy atom. The lowest BCUT2D eigenvalue weighted by Crippen LogP contribution is -2.15. The summed E-state index contributed by atoms with van der Waals surface area (Å²) in [6.07, 6.45) is 1.48. The van der Waals surface area contributed by atoms with E-state index in [4.69, 9.17) is 4.74 Å². The van der Waals surface area contributed by atoms with Gasteiger partial charge in [-0.25, -0.2) is 4.79 Å². The highest BCUT2D eigenvalue weighted by Crippen LogP contribution is 2.17. The minimum absolute atomic E-state index is 0.400. The average molecular weight is 232 g/mol. The number of hydrogen-bond acceptors (Lipinski definition) is 3. The number of ether oxygens (including phenoxy) is 1. The van der Waals surface area contributed by atoms with Crippen molar-refractivity contribution in [3.63, 3.8) is 0 Å². The molecule has 0 aliphatic carbocycles. The van der Waals surface area contributed by atoms with Crippen LogP contribution >= 0.6 is 0 Å². The van der Waals surface area contributed by atoms with Crippen molar-refractivity contribution in [3.8, 4) is 0 Å². The summed E-state index contributed by atoms with van der Waals surface area (Å²) >= 11 is 0. The zero-order chi connectivity index (χ0) is 12.3. The van der Waals surface area contributed by atoms with Crippen LogP contribution in [0.4, 0.5) is 4.79 Å². The van der Waals surface area contributed by atoms with Crippen molar-refractivity contribution in [2.24, 2.45) is 0 Å². The fourth-order valence-corrected chi connectivity index (χ4v) is 1.73. The second kappa shape index (κ2) is 4.99. The predicted octanol–water partition coefficient (Wildman–Crippen LogP) is 3.13. The highest BCUT2D eigenvalue weighted by atomic mass is 16.6. The molecule has 4 nitrogen and oxygen atoms in total. The van der Waals surface area contributed by atoms with Gasteiger partial charge in [0.05, 0.1) is 17.8 Å². The van der Waals surface area contributed by atoms with E-state index in [1.807, 2.05) is 31.2 Å². The van der Waals surface area contributed by atoms with Gasteiger partial charge in [0.1, 0.15) is 0 Å². The first-order valence-electron chi connectivity index (χ1n) is 5.85. The number of unbranched alkanes of at least 4 members (excludes halogenated alkanes) is 1. The van der Waals surface area contributed by atoms with Crippen molar-refractivity contribution < 1.29 is 9.53 Å². The Hall–Kier alpha value is -1.84. The Balaban J connectivity index is 2.26. The highest BCUT2D eigenvalue weighted by Gasteiger charge is 2.13. The summed E-state index contributed by atoms with van der Waals surface area (Å²) in [7, 11) is 0. The van der Waals surface area contributed by atoms with Crippen molar-refractivity contribution in [2.45, 2.75) is 26.7 Å². The molecule has 0 unspecified atom stereocenters. The molecule has 0 spiro atoms. The van der Waals surface area contributed by atoms with E-state index in [1.54, 1.807) is 0 Å². The second-order valence-electron chi connectivity index (χ2n) is 3.98. The van der Waals surface area contributed by atoms with Crippen molar-refractivity contribution >= 4 is 17.0 Å². The summed E-state index contributed by atoms with van der Waals surface area (Å²) in [5.41, 5.74) is 1.64. The van der Waals surface area contributed by atoms with Crippen molar-refractivity contribution in [2.75, 3.05) is 6.61 Å². The van der Waals surface area contributed by atoms with Crippen molar-refractivity contribution in [1.29, 1.82) is 0 Å². The number of hydrogen-bond donors (Lipinski definition) is 0. The largest absolute Gasteiger partial charge is 0.448 e.